The van der Waals surface area contributed by atoms with E-state index in [1.807, 2.05) is 6.20 Å². The summed E-state index contributed by atoms with van der Waals surface area (Å²) in [6, 6.07) is 0. The molecule has 1 aromatic rings. The summed E-state index contributed by atoms with van der Waals surface area (Å²) in [6.45, 7) is 3.11. The fourth-order valence-electron chi connectivity index (χ4n) is 1.97. The molecule has 0 atom stereocenters. The average molecular weight is 205 g/mol. The van der Waals surface area contributed by atoms with E-state index in [0.717, 1.165) is 31.8 Å². The largest absolute Gasteiger partial charge is 0.354 e. The van der Waals surface area contributed by atoms with Gasteiger partial charge in [-0.25, -0.2) is 9.97 Å². The van der Waals surface area contributed by atoms with Gasteiger partial charge in [-0.05, 0) is 37.7 Å². The first kappa shape index (κ1) is 10.4. The van der Waals surface area contributed by atoms with Crippen LogP contribution in [0.5, 0.6) is 0 Å². The number of nitrogens with zero attached hydrogens (tertiary/aromatic N) is 2. The Kier molecular flexibility index (Phi) is 3.54. The van der Waals surface area contributed by atoms with Crippen molar-refractivity contribution >= 4 is 5.95 Å². The second kappa shape index (κ2) is 5.10. The molecule has 1 aromatic heterocycles. The van der Waals surface area contributed by atoms with Crippen LogP contribution < -0.4 is 5.32 Å². The predicted octanol–water partition coefficient (Wildman–Crippen LogP) is 2.57. The van der Waals surface area contributed by atoms with Gasteiger partial charge in [-0.2, -0.15) is 0 Å². The molecule has 3 nitrogen and oxygen atoms in total. The third kappa shape index (κ3) is 2.67. The molecular formula is C12H19N3. The minimum Gasteiger partial charge on any atom is -0.354 e. The van der Waals surface area contributed by atoms with Crippen molar-refractivity contribution in [2.75, 3.05) is 11.9 Å². The molecule has 1 aliphatic carbocycles. The topological polar surface area (TPSA) is 37.8 Å². The lowest BCUT2D eigenvalue weighted by Crippen LogP contribution is -2.07. The van der Waals surface area contributed by atoms with Gasteiger partial charge >= 0.3 is 0 Å². The maximum atomic E-state index is 4.59. The van der Waals surface area contributed by atoms with Crippen LogP contribution in [0.4, 0.5) is 5.95 Å². The Bertz CT molecular complexity index is 323. The standard InChI is InChI=1S/C12H19N3/c1-2-8-13-12-14-9-10-6-4-3-5-7-11(10)15-12/h9H,2-8H2,1H3,(H,13,14,15). The van der Waals surface area contributed by atoms with E-state index < -0.39 is 0 Å². The molecule has 2 rings (SSSR count). The molecule has 0 saturated carbocycles. The maximum Gasteiger partial charge on any atom is 0.222 e. The summed E-state index contributed by atoms with van der Waals surface area (Å²) >= 11 is 0. The van der Waals surface area contributed by atoms with Gasteiger partial charge < -0.3 is 5.32 Å². The highest BCUT2D eigenvalue weighted by Crippen LogP contribution is 2.18. The molecule has 0 bridgehead atoms. The van der Waals surface area contributed by atoms with Crippen LogP contribution in [0, 0.1) is 0 Å². The van der Waals surface area contributed by atoms with Crippen LogP contribution in [-0.4, -0.2) is 16.5 Å². The molecule has 82 valence electrons. The van der Waals surface area contributed by atoms with Gasteiger partial charge in [0.05, 0.1) is 0 Å². The van der Waals surface area contributed by atoms with E-state index in [1.54, 1.807) is 0 Å². The summed E-state index contributed by atoms with van der Waals surface area (Å²) in [7, 11) is 0. The number of fused-ring (bicyclic) bond motifs is 1. The highest BCUT2D eigenvalue weighted by atomic mass is 15.1. The Morgan fingerprint density at radius 1 is 1.27 bits per heavy atom. The minimum atomic E-state index is 0.803. The first-order valence-electron chi connectivity index (χ1n) is 5.99. The molecule has 0 radical (unpaired) electrons. The van der Waals surface area contributed by atoms with Crippen molar-refractivity contribution in [2.24, 2.45) is 0 Å². The Balaban J connectivity index is 2.13. The highest BCUT2D eigenvalue weighted by Gasteiger charge is 2.10. The zero-order valence-electron chi connectivity index (χ0n) is 9.42. The molecule has 15 heavy (non-hydrogen) atoms. The third-order valence-electron chi connectivity index (χ3n) is 2.85. The van der Waals surface area contributed by atoms with Gasteiger partial charge in [-0.15, -0.1) is 0 Å². The Morgan fingerprint density at radius 2 is 2.13 bits per heavy atom. The average Bonchev–Trinajstić information content (AvgIpc) is 2.50. The molecule has 0 aromatic carbocycles. The van der Waals surface area contributed by atoms with Gasteiger partial charge in [0.2, 0.25) is 5.95 Å². The van der Waals surface area contributed by atoms with Gasteiger partial charge in [-0.3, -0.25) is 0 Å². The monoisotopic (exact) mass is 205 g/mol. The second-order valence-electron chi connectivity index (χ2n) is 4.15. The fraction of sp³-hybridized carbons (Fsp3) is 0.667. The van der Waals surface area contributed by atoms with Crippen molar-refractivity contribution in [3.8, 4) is 0 Å². The molecule has 1 aliphatic rings. The minimum absolute atomic E-state index is 0.803. The van der Waals surface area contributed by atoms with Crippen LogP contribution in [-0.2, 0) is 12.8 Å². The molecule has 1 N–H and O–H groups in total. The fourth-order valence-corrected chi connectivity index (χ4v) is 1.97. The maximum absolute atomic E-state index is 4.59. The normalized spacial score (nSPS) is 15.5. The van der Waals surface area contributed by atoms with Crippen molar-refractivity contribution in [3.05, 3.63) is 17.5 Å². The Labute approximate surface area is 91.3 Å². The van der Waals surface area contributed by atoms with Crippen LogP contribution in [0.15, 0.2) is 6.20 Å². The van der Waals surface area contributed by atoms with E-state index in [2.05, 4.69) is 22.2 Å². The molecule has 3 heteroatoms. The van der Waals surface area contributed by atoms with Crippen LogP contribution in [0.25, 0.3) is 0 Å². The van der Waals surface area contributed by atoms with Gasteiger partial charge in [0.25, 0.3) is 0 Å². The molecule has 1 heterocycles. The van der Waals surface area contributed by atoms with E-state index in [-0.39, 0.29) is 0 Å². The van der Waals surface area contributed by atoms with Crippen LogP contribution in [0.3, 0.4) is 0 Å². The molecule has 0 fully saturated rings. The van der Waals surface area contributed by atoms with Gasteiger partial charge in [0.15, 0.2) is 0 Å². The summed E-state index contributed by atoms with van der Waals surface area (Å²) in [5.74, 6) is 0.803. The van der Waals surface area contributed by atoms with Gasteiger partial charge in [-0.1, -0.05) is 13.3 Å². The van der Waals surface area contributed by atoms with Crippen LogP contribution >= 0.6 is 0 Å². The van der Waals surface area contributed by atoms with Crippen molar-refractivity contribution in [1.29, 1.82) is 0 Å². The first-order valence-corrected chi connectivity index (χ1v) is 5.99. The summed E-state index contributed by atoms with van der Waals surface area (Å²) in [4.78, 5) is 8.94. The molecule has 0 aliphatic heterocycles. The van der Waals surface area contributed by atoms with Crippen molar-refractivity contribution in [3.63, 3.8) is 0 Å². The highest BCUT2D eigenvalue weighted by molar-refractivity contribution is 5.30. The number of nitrogens with one attached hydrogen (secondary N) is 1. The summed E-state index contributed by atoms with van der Waals surface area (Å²) in [5, 5.41) is 3.24. The predicted molar refractivity (Wildman–Crippen MR) is 62.1 cm³/mol. The first-order chi connectivity index (χ1) is 7.40. The lowest BCUT2D eigenvalue weighted by molar-refractivity contribution is 0.708. The summed E-state index contributed by atoms with van der Waals surface area (Å²) < 4.78 is 0. The number of aryl methyl sites for hydroxylation is 2. The molecule has 0 spiro atoms. The van der Waals surface area contributed by atoms with Gasteiger partial charge in [0.1, 0.15) is 0 Å². The molecule has 0 saturated heterocycles. The second-order valence-corrected chi connectivity index (χ2v) is 4.15. The van der Waals surface area contributed by atoms with E-state index >= 15 is 0 Å². The molecular weight excluding hydrogens is 186 g/mol. The lowest BCUT2D eigenvalue weighted by Gasteiger charge is -2.07. The molecule has 0 unspecified atom stereocenters. The van der Waals surface area contributed by atoms with Crippen LogP contribution in [0.1, 0.15) is 43.9 Å². The van der Waals surface area contributed by atoms with E-state index in [1.165, 1.54) is 30.5 Å². The van der Waals surface area contributed by atoms with E-state index in [4.69, 9.17) is 0 Å². The number of anilines is 1. The SMILES string of the molecule is CCCNc1ncc2c(n1)CCCCC2. The Morgan fingerprint density at radius 3 is 3.00 bits per heavy atom. The summed E-state index contributed by atoms with van der Waals surface area (Å²) in [6.07, 6.45) is 9.29. The molecule has 0 amide bonds. The zero-order chi connectivity index (χ0) is 10.5. The van der Waals surface area contributed by atoms with Crippen molar-refractivity contribution < 1.29 is 0 Å². The lowest BCUT2D eigenvalue weighted by atomic mass is 10.1. The number of rotatable bonds is 3. The number of aromatic nitrogens is 2. The number of hydrogen-bond acceptors (Lipinski definition) is 3. The van der Waals surface area contributed by atoms with Crippen molar-refractivity contribution in [1.82, 2.24) is 9.97 Å². The quantitative estimate of drug-likeness (QED) is 0.771. The third-order valence-corrected chi connectivity index (χ3v) is 2.85. The van der Waals surface area contributed by atoms with Crippen LogP contribution in [0.2, 0.25) is 0 Å². The van der Waals surface area contributed by atoms with Crippen molar-refractivity contribution in [2.45, 2.75) is 45.4 Å². The summed E-state index contributed by atoms with van der Waals surface area (Å²) in [5.41, 5.74) is 2.62. The zero-order valence-corrected chi connectivity index (χ0v) is 9.42. The smallest absolute Gasteiger partial charge is 0.222 e. The van der Waals surface area contributed by atoms with E-state index in [9.17, 15) is 0 Å². The van der Waals surface area contributed by atoms with Gasteiger partial charge in [0, 0.05) is 18.4 Å². The number of hydrogen-bond donors (Lipinski definition) is 1. The Hall–Kier alpha value is -1.12. The van der Waals surface area contributed by atoms with E-state index in [0.29, 0.717) is 0 Å².